The Hall–Kier alpha value is -2.28. The number of carbonyl (C=O) groups is 1. The van der Waals surface area contributed by atoms with E-state index in [1.165, 1.54) is 12.1 Å². The summed E-state index contributed by atoms with van der Waals surface area (Å²) in [5.74, 6) is 1.46. The SMILES string of the molecule is C#Cc1[nH]nc2cc(C(=O)O)ccc12. The highest BCUT2D eigenvalue weighted by Gasteiger charge is 2.07. The fourth-order valence-electron chi connectivity index (χ4n) is 1.25. The van der Waals surface area contributed by atoms with Crippen molar-refractivity contribution in [2.45, 2.75) is 0 Å². The van der Waals surface area contributed by atoms with E-state index in [9.17, 15) is 4.79 Å². The van der Waals surface area contributed by atoms with E-state index in [-0.39, 0.29) is 5.56 Å². The lowest BCUT2D eigenvalue weighted by Crippen LogP contribution is -1.94. The molecule has 14 heavy (non-hydrogen) atoms. The van der Waals surface area contributed by atoms with Crippen molar-refractivity contribution in [1.82, 2.24) is 10.2 Å². The maximum atomic E-state index is 10.6. The Balaban J connectivity index is 2.70. The van der Waals surface area contributed by atoms with Gasteiger partial charge in [-0.05, 0) is 18.2 Å². The zero-order chi connectivity index (χ0) is 10.1. The number of rotatable bonds is 1. The molecule has 0 atom stereocenters. The number of benzene rings is 1. The van der Waals surface area contributed by atoms with Crippen LogP contribution in [0, 0.1) is 12.3 Å². The lowest BCUT2D eigenvalue weighted by Gasteiger charge is -1.92. The van der Waals surface area contributed by atoms with E-state index in [2.05, 4.69) is 16.1 Å². The van der Waals surface area contributed by atoms with Crippen LogP contribution in [0.4, 0.5) is 0 Å². The van der Waals surface area contributed by atoms with Gasteiger partial charge in [-0.15, -0.1) is 6.42 Å². The summed E-state index contributed by atoms with van der Waals surface area (Å²) in [5, 5.41) is 16.0. The van der Waals surface area contributed by atoms with Crippen LogP contribution in [0.5, 0.6) is 0 Å². The molecule has 1 heterocycles. The zero-order valence-corrected chi connectivity index (χ0v) is 7.11. The molecule has 1 aromatic heterocycles. The van der Waals surface area contributed by atoms with Crippen LogP contribution in [0.3, 0.4) is 0 Å². The molecule has 0 aliphatic carbocycles. The Morgan fingerprint density at radius 1 is 1.57 bits per heavy atom. The summed E-state index contributed by atoms with van der Waals surface area (Å²) >= 11 is 0. The second-order valence-corrected chi connectivity index (χ2v) is 2.78. The van der Waals surface area contributed by atoms with Gasteiger partial charge in [0.2, 0.25) is 0 Å². The summed E-state index contributed by atoms with van der Waals surface area (Å²) in [7, 11) is 0. The monoisotopic (exact) mass is 186 g/mol. The Morgan fingerprint density at radius 2 is 2.36 bits per heavy atom. The van der Waals surface area contributed by atoms with E-state index in [1.807, 2.05) is 0 Å². The van der Waals surface area contributed by atoms with Gasteiger partial charge in [0.25, 0.3) is 0 Å². The Bertz CT molecular complexity index is 549. The Morgan fingerprint density at radius 3 is 3.00 bits per heavy atom. The number of nitrogens with one attached hydrogen (secondary N) is 1. The van der Waals surface area contributed by atoms with Crippen molar-refractivity contribution in [1.29, 1.82) is 0 Å². The van der Waals surface area contributed by atoms with Gasteiger partial charge in [0.15, 0.2) is 0 Å². The third-order valence-electron chi connectivity index (χ3n) is 1.95. The minimum absolute atomic E-state index is 0.201. The van der Waals surface area contributed by atoms with Gasteiger partial charge in [-0.2, -0.15) is 5.10 Å². The number of H-pyrrole nitrogens is 1. The van der Waals surface area contributed by atoms with Gasteiger partial charge in [0.05, 0.1) is 11.1 Å². The van der Waals surface area contributed by atoms with Crippen molar-refractivity contribution in [3.05, 3.63) is 29.5 Å². The van der Waals surface area contributed by atoms with Crippen LogP contribution in [0.1, 0.15) is 16.1 Å². The molecule has 68 valence electrons. The van der Waals surface area contributed by atoms with Crippen LogP contribution in [0.2, 0.25) is 0 Å². The van der Waals surface area contributed by atoms with Gasteiger partial charge in [-0.25, -0.2) is 4.79 Å². The molecule has 4 heteroatoms. The largest absolute Gasteiger partial charge is 0.478 e. The molecule has 0 saturated carbocycles. The molecule has 0 aliphatic heterocycles. The van der Waals surface area contributed by atoms with E-state index in [4.69, 9.17) is 11.5 Å². The molecule has 0 radical (unpaired) electrons. The van der Waals surface area contributed by atoms with E-state index in [1.54, 1.807) is 6.07 Å². The van der Waals surface area contributed by atoms with Crippen LogP contribution >= 0.6 is 0 Å². The fraction of sp³-hybridized carbons (Fsp3) is 0. The van der Waals surface area contributed by atoms with Crippen LogP contribution < -0.4 is 0 Å². The van der Waals surface area contributed by atoms with E-state index >= 15 is 0 Å². The molecular weight excluding hydrogens is 180 g/mol. The number of aromatic amines is 1. The lowest BCUT2D eigenvalue weighted by atomic mass is 10.1. The molecule has 0 spiro atoms. The second-order valence-electron chi connectivity index (χ2n) is 2.78. The van der Waals surface area contributed by atoms with E-state index in [0.717, 1.165) is 5.39 Å². The van der Waals surface area contributed by atoms with Crippen molar-refractivity contribution < 1.29 is 9.90 Å². The first-order valence-corrected chi connectivity index (χ1v) is 3.90. The maximum Gasteiger partial charge on any atom is 0.335 e. The summed E-state index contributed by atoms with van der Waals surface area (Å²) in [4.78, 5) is 10.6. The summed E-state index contributed by atoms with van der Waals surface area (Å²) < 4.78 is 0. The molecule has 0 bridgehead atoms. The van der Waals surface area contributed by atoms with Gasteiger partial charge >= 0.3 is 5.97 Å². The predicted molar refractivity (Wildman–Crippen MR) is 51.0 cm³/mol. The Kier molecular flexibility index (Phi) is 1.72. The predicted octanol–water partition coefficient (Wildman–Crippen LogP) is 1.24. The maximum absolute atomic E-state index is 10.6. The second kappa shape index (κ2) is 2.89. The number of carboxylic acids is 1. The number of aromatic nitrogens is 2. The molecule has 1 aromatic carbocycles. The lowest BCUT2D eigenvalue weighted by molar-refractivity contribution is 0.0697. The van der Waals surface area contributed by atoms with Crippen molar-refractivity contribution >= 4 is 16.9 Å². The van der Waals surface area contributed by atoms with Gasteiger partial charge < -0.3 is 5.11 Å². The number of aromatic carboxylic acids is 1. The number of terminal acetylenes is 1. The highest BCUT2D eigenvalue weighted by Crippen LogP contribution is 2.16. The molecule has 0 fully saturated rings. The molecule has 0 saturated heterocycles. The zero-order valence-electron chi connectivity index (χ0n) is 7.11. The molecule has 2 aromatic rings. The topological polar surface area (TPSA) is 66.0 Å². The number of hydrogen-bond acceptors (Lipinski definition) is 2. The quantitative estimate of drug-likeness (QED) is 0.658. The van der Waals surface area contributed by atoms with Crippen molar-refractivity contribution in [3.8, 4) is 12.3 Å². The highest BCUT2D eigenvalue weighted by atomic mass is 16.4. The Labute approximate surface area is 79.6 Å². The fourth-order valence-corrected chi connectivity index (χ4v) is 1.25. The normalized spacial score (nSPS) is 9.93. The van der Waals surface area contributed by atoms with Crippen LogP contribution in [0.15, 0.2) is 18.2 Å². The molecule has 0 unspecified atom stereocenters. The van der Waals surface area contributed by atoms with Gasteiger partial charge in [0.1, 0.15) is 5.69 Å². The molecular formula is C10H6N2O2. The number of hydrogen-bond donors (Lipinski definition) is 2. The van der Waals surface area contributed by atoms with Crippen LogP contribution in [-0.2, 0) is 0 Å². The van der Waals surface area contributed by atoms with Crippen molar-refractivity contribution in [3.63, 3.8) is 0 Å². The highest BCUT2D eigenvalue weighted by molar-refractivity contribution is 5.94. The summed E-state index contributed by atoms with van der Waals surface area (Å²) in [6.45, 7) is 0. The standard InChI is InChI=1S/C10H6N2O2/c1-2-8-7-4-3-6(10(13)14)5-9(7)12-11-8/h1,3-5H,(H,11,12)(H,13,14). The average Bonchev–Trinajstić information content (AvgIpc) is 2.59. The minimum Gasteiger partial charge on any atom is -0.478 e. The first-order chi connectivity index (χ1) is 6.72. The smallest absolute Gasteiger partial charge is 0.335 e. The first kappa shape index (κ1) is 8.32. The van der Waals surface area contributed by atoms with Crippen molar-refractivity contribution in [2.24, 2.45) is 0 Å². The number of fused-ring (bicyclic) bond motifs is 1. The van der Waals surface area contributed by atoms with Gasteiger partial charge in [0, 0.05) is 5.39 Å². The molecule has 2 N–H and O–H groups in total. The minimum atomic E-state index is -0.975. The summed E-state index contributed by atoms with van der Waals surface area (Å²) in [6, 6.07) is 4.63. The molecule has 0 amide bonds. The van der Waals surface area contributed by atoms with E-state index in [0.29, 0.717) is 11.2 Å². The third-order valence-corrected chi connectivity index (χ3v) is 1.95. The average molecular weight is 186 g/mol. The number of nitrogens with zero attached hydrogens (tertiary/aromatic N) is 1. The molecule has 2 rings (SSSR count). The molecule has 4 nitrogen and oxygen atoms in total. The van der Waals surface area contributed by atoms with E-state index < -0.39 is 5.97 Å². The third kappa shape index (κ3) is 1.12. The first-order valence-electron chi connectivity index (χ1n) is 3.90. The van der Waals surface area contributed by atoms with Gasteiger partial charge in [-0.1, -0.05) is 5.92 Å². The van der Waals surface area contributed by atoms with Gasteiger partial charge in [-0.3, -0.25) is 5.10 Å². The number of carboxylic acid groups (broad SMARTS) is 1. The van der Waals surface area contributed by atoms with Crippen LogP contribution in [0.25, 0.3) is 10.9 Å². The van der Waals surface area contributed by atoms with Crippen LogP contribution in [-0.4, -0.2) is 21.3 Å². The molecule has 0 aliphatic rings. The van der Waals surface area contributed by atoms with Crippen molar-refractivity contribution in [2.75, 3.05) is 0 Å². The summed E-state index contributed by atoms with van der Waals surface area (Å²) in [5.41, 5.74) is 1.34. The summed E-state index contributed by atoms with van der Waals surface area (Å²) in [6.07, 6.45) is 5.22.